The number of nitrogens with one attached hydrogen (secondary N) is 1. The number of rotatable bonds is 5. The Balaban J connectivity index is 1.58. The molecule has 25 heavy (non-hydrogen) atoms. The Labute approximate surface area is 163 Å². The second-order valence-electron chi connectivity index (χ2n) is 6.39. The highest BCUT2D eigenvalue weighted by molar-refractivity contribution is 14.1. The topological polar surface area (TPSA) is 35.6 Å². The summed E-state index contributed by atoms with van der Waals surface area (Å²) in [5.74, 6) is 0. The summed E-state index contributed by atoms with van der Waals surface area (Å²) in [5, 5.41) is 3.04. The predicted molar refractivity (Wildman–Crippen MR) is 111 cm³/mol. The Morgan fingerprint density at radius 3 is 2.76 bits per heavy atom. The van der Waals surface area contributed by atoms with E-state index < -0.39 is 0 Å². The first-order valence-electron chi connectivity index (χ1n) is 8.75. The molecule has 1 unspecified atom stereocenters. The largest absolute Gasteiger partial charge is 0.322 e. The molecular formula is C20H24IN3O. The third-order valence-electron chi connectivity index (χ3n) is 4.61. The fraction of sp³-hybridized carbons (Fsp3) is 0.350. The summed E-state index contributed by atoms with van der Waals surface area (Å²) in [5.41, 5.74) is 2.18. The molecule has 0 saturated carbocycles. The van der Waals surface area contributed by atoms with Crippen LogP contribution in [0.5, 0.6) is 0 Å². The molecule has 3 rings (SSSR count). The van der Waals surface area contributed by atoms with Gasteiger partial charge < -0.3 is 10.2 Å². The van der Waals surface area contributed by atoms with E-state index in [9.17, 15) is 4.79 Å². The molecule has 1 fully saturated rings. The lowest BCUT2D eigenvalue weighted by molar-refractivity contribution is 0.189. The summed E-state index contributed by atoms with van der Waals surface area (Å²) in [4.78, 5) is 17.1. The van der Waals surface area contributed by atoms with Crippen LogP contribution in [0.15, 0.2) is 54.6 Å². The monoisotopic (exact) mass is 449 g/mol. The summed E-state index contributed by atoms with van der Waals surface area (Å²) < 4.78 is 1.12. The quantitative estimate of drug-likeness (QED) is 0.687. The Kier molecular flexibility index (Phi) is 6.31. The lowest BCUT2D eigenvalue weighted by atomic mass is 10.2. The normalized spacial score (nSPS) is 17.4. The van der Waals surface area contributed by atoms with E-state index in [2.05, 4.69) is 57.1 Å². The van der Waals surface area contributed by atoms with Crippen LogP contribution >= 0.6 is 22.6 Å². The molecule has 1 aliphatic rings. The number of likely N-dealkylation sites (tertiary alicyclic amines) is 1. The molecule has 1 saturated heterocycles. The average molecular weight is 449 g/mol. The molecule has 0 radical (unpaired) electrons. The molecule has 2 aromatic rings. The Morgan fingerprint density at radius 2 is 2.04 bits per heavy atom. The van der Waals surface area contributed by atoms with Crippen LogP contribution in [-0.2, 0) is 6.54 Å². The highest BCUT2D eigenvalue weighted by atomic mass is 127. The molecule has 2 aromatic carbocycles. The minimum absolute atomic E-state index is 0.00365. The summed E-state index contributed by atoms with van der Waals surface area (Å²) in [7, 11) is 0. The van der Waals surface area contributed by atoms with Gasteiger partial charge in [-0.1, -0.05) is 36.4 Å². The van der Waals surface area contributed by atoms with Gasteiger partial charge >= 0.3 is 6.03 Å². The summed E-state index contributed by atoms with van der Waals surface area (Å²) in [6.45, 7) is 5.69. The van der Waals surface area contributed by atoms with E-state index in [0.717, 1.165) is 41.9 Å². The third kappa shape index (κ3) is 4.95. The number of carbonyl (C=O) groups is 1. The maximum absolute atomic E-state index is 12.7. The van der Waals surface area contributed by atoms with Crippen LogP contribution < -0.4 is 5.32 Å². The summed E-state index contributed by atoms with van der Waals surface area (Å²) in [6.07, 6.45) is 1.03. The zero-order valence-corrected chi connectivity index (χ0v) is 16.6. The molecule has 0 spiro atoms. The number of likely N-dealkylation sites (N-methyl/N-ethyl adjacent to an activating group) is 1. The van der Waals surface area contributed by atoms with Gasteiger partial charge in [0.2, 0.25) is 0 Å². The first-order chi connectivity index (χ1) is 12.2. The maximum Gasteiger partial charge on any atom is 0.322 e. The number of halogens is 1. The number of hydrogen-bond acceptors (Lipinski definition) is 2. The van der Waals surface area contributed by atoms with Gasteiger partial charge in [0.15, 0.2) is 0 Å². The van der Waals surface area contributed by atoms with Crippen LogP contribution in [-0.4, -0.2) is 41.5 Å². The molecule has 0 bridgehead atoms. The third-order valence-corrected chi connectivity index (χ3v) is 5.29. The molecule has 2 amide bonds. The number of urea groups is 1. The van der Waals surface area contributed by atoms with Gasteiger partial charge in [0, 0.05) is 41.5 Å². The van der Waals surface area contributed by atoms with Gasteiger partial charge in [-0.3, -0.25) is 4.90 Å². The van der Waals surface area contributed by atoms with E-state index in [4.69, 9.17) is 0 Å². The number of carbonyl (C=O) groups excluding carboxylic acids is 1. The predicted octanol–water partition coefficient (Wildman–Crippen LogP) is 4.42. The van der Waals surface area contributed by atoms with Gasteiger partial charge in [-0.2, -0.15) is 0 Å². The van der Waals surface area contributed by atoms with Gasteiger partial charge in [0.1, 0.15) is 0 Å². The van der Waals surface area contributed by atoms with Crippen LogP contribution in [0.2, 0.25) is 0 Å². The highest BCUT2D eigenvalue weighted by Crippen LogP contribution is 2.20. The van der Waals surface area contributed by atoms with Crippen LogP contribution in [0.25, 0.3) is 0 Å². The number of amides is 2. The maximum atomic E-state index is 12.7. The molecule has 1 heterocycles. The zero-order chi connectivity index (χ0) is 17.6. The van der Waals surface area contributed by atoms with Crippen molar-refractivity contribution in [1.82, 2.24) is 9.80 Å². The lowest BCUT2D eigenvalue weighted by Crippen LogP contribution is -2.44. The van der Waals surface area contributed by atoms with Crippen LogP contribution in [0.3, 0.4) is 0 Å². The van der Waals surface area contributed by atoms with E-state index in [1.165, 1.54) is 5.56 Å². The molecule has 5 heteroatoms. The van der Waals surface area contributed by atoms with Crippen molar-refractivity contribution >= 4 is 34.3 Å². The standard InChI is InChI=1S/C20H24IN3O/c1-2-24(20(25)22-18-10-6-9-17(21)13-18)19-11-12-23(15-19)14-16-7-4-3-5-8-16/h3-10,13,19H,2,11-12,14-15H2,1H3,(H,22,25). The summed E-state index contributed by atoms with van der Waals surface area (Å²) in [6, 6.07) is 18.7. The average Bonchev–Trinajstić information content (AvgIpc) is 3.04. The van der Waals surface area contributed by atoms with Crippen molar-refractivity contribution in [2.45, 2.75) is 25.9 Å². The fourth-order valence-corrected chi connectivity index (χ4v) is 3.92. The molecule has 1 atom stereocenters. The minimum Gasteiger partial charge on any atom is -0.320 e. The van der Waals surface area contributed by atoms with E-state index in [-0.39, 0.29) is 12.1 Å². The summed E-state index contributed by atoms with van der Waals surface area (Å²) >= 11 is 2.26. The zero-order valence-electron chi connectivity index (χ0n) is 14.5. The van der Waals surface area contributed by atoms with Crippen molar-refractivity contribution in [3.05, 3.63) is 63.7 Å². The smallest absolute Gasteiger partial charge is 0.320 e. The fourth-order valence-electron chi connectivity index (χ4n) is 3.38. The molecule has 0 aliphatic carbocycles. The van der Waals surface area contributed by atoms with Crippen LogP contribution in [0.4, 0.5) is 10.5 Å². The van der Waals surface area contributed by atoms with Crippen molar-refractivity contribution in [3.8, 4) is 0 Å². The Hall–Kier alpha value is -1.60. The number of anilines is 1. The van der Waals surface area contributed by atoms with Gasteiger partial charge in [-0.05, 0) is 59.7 Å². The molecule has 132 valence electrons. The second-order valence-corrected chi connectivity index (χ2v) is 7.64. The van der Waals surface area contributed by atoms with Crippen molar-refractivity contribution in [3.63, 3.8) is 0 Å². The highest BCUT2D eigenvalue weighted by Gasteiger charge is 2.29. The van der Waals surface area contributed by atoms with Gasteiger partial charge in [0.05, 0.1) is 0 Å². The van der Waals surface area contributed by atoms with E-state index >= 15 is 0 Å². The first-order valence-corrected chi connectivity index (χ1v) is 9.83. The SMILES string of the molecule is CCN(C(=O)Nc1cccc(I)c1)C1CCN(Cc2ccccc2)C1. The van der Waals surface area contributed by atoms with Gasteiger partial charge in [0.25, 0.3) is 0 Å². The van der Waals surface area contributed by atoms with Crippen molar-refractivity contribution in [2.75, 3.05) is 25.0 Å². The Bertz CT molecular complexity index is 707. The van der Waals surface area contributed by atoms with Crippen molar-refractivity contribution < 1.29 is 4.79 Å². The lowest BCUT2D eigenvalue weighted by Gasteiger charge is -2.28. The van der Waals surface area contributed by atoms with Gasteiger partial charge in [-0.25, -0.2) is 4.79 Å². The molecule has 0 aromatic heterocycles. The van der Waals surface area contributed by atoms with Crippen LogP contribution in [0, 0.1) is 3.57 Å². The van der Waals surface area contributed by atoms with Crippen LogP contribution in [0.1, 0.15) is 18.9 Å². The van der Waals surface area contributed by atoms with Crippen molar-refractivity contribution in [1.29, 1.82) is 0 Å². The second kappa shape index (κ2) is 8.67. The Morgan fingerprint density at radius 1 is 1.24 bits per heavy atom. The van der Waals surface area contributed by atoms with E-state index in [1.54, 1.807) is 0 Å². The van der Waals surface area contributed by atoms with E-state index in [1.807, 2.05) is 42.2 Å². The van der Waals surface area contributed by atoms with Crippen molar-refractivity contribution in [2.24, 2.45) is 0 Å². The molecule has 1 aliphatic heterocycles. The minimum atomic E-state index is -0.00365. The molecule has 4 nitrogen and oxygen atoms in total. The molecular weight excluding hydrogens is 425 g/mol. The first kappa shape index (κ1) is 18.2. The number of hydrogen-bond donors (Lipinski definition) is 1. The van der Waals surface area contributed by atoms with Gasteiger partial charge in [-0.15, -0.1) is 0 Å². The number of benzene rings is 2. The number of nitrogens with zero attached hydrogens (tertiary/aromatic N) is 2. The van der Waals surface area contributed by atoms with E-state index in [0.29, 0.717) is 0 Å². The molecule has 1 N–H and O–H groups in total.